The molecule has 0 amide bonds. The summed E-state index contributed by atoms with van der Waals surface area (Å²) >= 11 is 2.16. The van der Waals surface area contributed by atoms with Crippen LogP contribution in [-0.2, 0) is 6.61 Å². The SMILES string of the molecule is O=C(O)c1nn(-c2cc(I)ccn2)c2ccc(CO)cc12. The third-order valence-corrected chi connectivity index (χ3v) is 3.72. The van der Waals surface area contributed by atoms with Crippen molar-refractivity contribution < 1.29 is 15.0 Å². The van der Waals surface area contributed by atoms with Crippen LogP contribution >= 0.6 is 22.6 Å². The summed E-state index contributed by atoms with van der Waals surface area (Å²) in [5.41, 5.74) is 1.22. The van der Waals surface area contributed by atoms with Gasteiger partial charge in [0.05, 0.1) is 12.1 Å². The first kappa shape index (κ1) is 14.0. The van der Waals surface area contributed by atoms with E-state index >= 15 is 0 Å². The van der Waals surface area contributed by atoms with Crippen LogP contribution in [0.15, 0.2) is 36.5 Å². The first-order valence-corrected chi connectivity index (χ1v) is 7.16. The van der Waals surface area contributed by atoms with E-state index in [1.165, 1.54) is 4.68 Å². The molecule has 0 unspecified atom stereocenters. The van der Waals surface area contributed by atoms with E-state index in [0.717, 1.165) is 3.57 Å². The Morgan fingerprint density at radius 3 is 2.76 bits per heavy atom. The summed E-state index contributed by atoms with van der Waals surface area (Å²) in [6.45, 7) is -0.151. The number of carboxylic acid groups (broad SMARTS) is 1. The third-order valence-electron chi connectivity index (χ3n) is 3.05. The lowest BCUT2D eigenvalue weighted by Crippen LogP contribution is -2.03. The van der Waals surface area contributed by atoms with E-state index in [0.29, 0.717) is 22.3 Å². The number of aliphatic hydroxyl groups is 1. The molecule has 106 valence electrons. The zero-order chi connectivity index (χ0) is 15.0. The molecule has 0 spiro atoms. The number of rotatable bonds is 3. The van der Waals surface area contributed by atoms with Crippen LogP contribution in [0.4, 0.5) is 0 Å². The van der Waals surface area contributed by atoms with Gasteiger partial charge in [-0.05, 0) is 52.4 Å². The highest BCUT2D eigenvalue weighted by molar-refractivity contribution is 14.1. The Hall–Kier alpha value is -2.00. The number of aliphatic hydroxyl groups excluding tert-OH is 1. The number of fused-ring (bicyclic) bond motifs is 1. The van der Waals surface area contributed by atoms with Crippen LogP contribution < -0.4 is 0 Å². The maximum absolute atomic E-state index is 11.4. The molecule has 7 heteroatoms. The highest BCUT2D eigenvalue weighted by Gasteiger charge is 2.18. The van der Waals surface area contributed by atoms with Gasteiger partial charge in [-0.2, -0.15) is 5.10 Å². The highest BCUT2D eigenvalue weighted by atomic mass is 127. The molecule has 1 aromatic carbocycles. The Morgan fingerprint density at radius 1 is 1.29 bits per heavy atom. The fourth-order valence-corrected chi connectivity index (χ4v) is 2.54. The van der Waals surface area contributed by atoms with Gasteiger partial charge in [0.2, 0.25) is 0 Å². The largest absolute Gasteiger partial charge is 0.476 e. The number of carboxylic acids is 1. The number of aromatic nitrogens is 3. The van der Waals surface area contributed by atoms with Gasteiger partial charge < -0.3 is 10.2 Å². The van der Waals surface area contributed by atoms with Crippen molar-refractivity contribution in [3.63, 3.8) is 0 Å². The van der Waals surface area contributed by atoms with Gasteiger partial charge in [-0.25, -0.2) is 14.5 Å². The lowest BCUT2D eigenvalue weighted by Gasteiger charge is -2.03. The Kier molecular flexibility index (Phi) is 3.60. The predicted octanol–water partition coefficient (Wildman–Crippen LogP) is 2.22. The van der Waals surface area contributed by atoms with Crippen LogP contribution in [0.5, 0.6) is 0 Å². The smallest absolute Gasteiger partial charge is 0.357 e. The summed E-state index contributed by atoms with van der Waals surface area (Å²) in [4.78, 5) is 15.6. The number of hydrogen-bond donors (Lipinski definition) is 2. The number of halogens is 1. The van der Waals surface area contributed by atoms with E-state index in [9.17, 15) is 15.0 Å². The normalized spacial score (nSPS) is 11.0. The average molecular weight is 395 g/mol. The second kappa shape index (κ2) is 5.41. The summed E-state index contributed by atoms with van der Waals surface area (Å²) in [5.74, 6) is -0.560. The molecule has 0 aliphatic carbocycles. The molecule has 0 atom stereocenters. The molecule has 0 aliphatic rings. The third kappa shape index (κ3) is 2.49. The fourth-order valence-electron chi connectivity index (χ4n) is 2.11. The van der Waals surface area contributed by atoms with E-state index in [4.69, 9.17) is 0 Å². The van der Waals surface area contributed by atoms with E-state index < -0.39 is 5.97 Å². The molecule has 0 aliphatic heterocycles. The summed E-state index contributed by atoms with van der Waals surface area (Å²) in [5, 5.41) is 23.1. The van der Waals surface area contributed by atoms with E-state index in [1.807, 2.05) is 12.1 Å². The van der Waals surface area contributed by atoms with Gasteiger partial charge >= 0.3 is 5.97 Å². The molecule has 21 heavy (non-hydrogen) atoms. The van der Waals surface area contributed by atoms with Crippen molar-refractivity contribution in [2.75, 3.05) is 0 Å². The second-order valence-corrected chi connectivity index (χ2v) is 5.65. The number of aromatic carboxylic acids is 1. The van der Waals surface area contributed by atoms with E-state index in [2.05, 4.69) is 32.7 Å². The molecular formula is C14H10IN3O3. The van der Waals surface area contributed by atoms with Gasteiger partial charge in [-0.15, -0.1) is 0 Å². The second-order valence-electron chi connectivity index (χ2n) is 4.41. The van der Waals surface area contributed by atoms with E-state index in [1.54, 1.807) is 24.4 Å². The zero-order valence-electron chi connectivity index (χ0n) is 10.7. The van der Waals surface area contributed by atoms with Crippen molar-refractivity contribution >= 4 is 39.5 Å². The predicted molar refractivity (Wildman–Crippen MR) is 84.5 cm³/mol. The Bertz CT molecular complexity index is 845. The van der Waals surface area contributed by atoms with E-state index in [-0.39, 0.29) is 12.3 Å². The topological polar surface area (TPSA) is 88.2 Å². The highest BCUT2D eigenvalue weighted by Crippen LogP contribution is 2.23. The molecule has 2 heterocycles. The van der Waals surface area contributed by atoms with Gasteiger partial charge in [0.1, 0.15) is 0 Å². The van der Waals surface area contributed by atoms with Crippen LogP contribution in [-0.4, -0.2) is 30.9 Å². The minimum Gasteiger partial charge on any atom is -0.476 e. The van der Waals surface area contributed by atoms with Gasteiger partial charge in [0, 0.05) is 15.2 Å². The van der Waals surface area contributed by atoms with Gasteiger partial charge in [-0.1, -0.05) is 6.07 Å². The molecule has 0 saturated heterocycles. The maximum Gasteiger partial charge on any atom is 0.357 e. The van der Waals surface area contributed by atoms with Crippen LogP contribution in [0, 0.1) is 3.57 Å². The standard InChI is InChI=1S/C14H10IN3O3/c15-9-3-4-16-12(6-9)18-11-2-1-8(7-19)5-10(11)13(17-18)14(20)21/h1-6,19H,7H2,(H,20,21). The monoisotopic (exact) mass is 395 g/mol. The minimum atomic E-state index is -1.11. The number of hydrogen-bond acceptors (Lipinski definition) is 4. The molecule has 0 bridgehead atoms. The molecule has 3 aromatic rings. The number of carbonyl (C=O) groups is 1. The number of nitrogens with zero attached hydrogens (tertiary/aromatic N) is 3. The van der Waals surface area contributed by atoms with Crippen LogP contribution in [0.1, 0.15) is 16.1 Å². The number of pyridine rings is 1. The van der Waals surface area contributed by atoms with Crippen molar-refractivity contribution in [3.8, 4) is 5.82 Å². The molecule has 2 aromatic heterocycles. The first-order chi connectivity index (χ1) is 10.1. The van der Waals surface area contributed by atoms with Gasteiger partial charge in [0.25, 0.3) is 0 Å². The Labute approximate surface area is 133 Å². The fraction of sp³-hybridized carbons (Fsp3) is 0.0714. The lowest BCUT2D eigenvalue weighted by molar-refractivity contribution is 0.0692. The van der Waals surface area contributed by atoms with Crippen molar-refractivity contribution in [2.24, 2.45) is 0 Å². The Morgan fingerprint density at radius 2 is 2.10 bits per heavy atom. The van der Waals surface area contributed by atoms with Crippen molar-refractivity contribution in [2.45, 2.75) is 6.61 Å². The molecule has 6 nitrogen and oxygen atoms in total. The molecule has 2 N–H and O–H groups in total. The number of benzene rings is 1. The lowest BCUT2D eigenvalue weighted by atomic mass is 10.1. The summed E-state index contributed by atoms with van der Waals surface area (Å²) < 4.78 is 2.48. The van der Waals surface area contributed by atoms with Crippen molar-refractivity contribution in [1.29, 1.82) is 0 Å². The molecule has 0 fully saturated rings. The minimum absolute atomic E-state index is 0.0547. The summed E-state index contributed by atoms with van der Waals surface area (Å²) in [7, 11) is 0. The van der Waals surface area contributed by atoms with Crippen molar-refractivity contribution in [1.82, 2.24) is 14.8 Å². The molecular weight excluding hydrogens is 385 g/mol. The average Bonchev–Trinajstić information content (AvgIpc) is 2.86. The molecule has 0 saturated carbocycles. The summed E-state index contributed by atoms with van der Waals surface area (Å²) in [6.07, 6.45) is 1.65. The zero-order valence-corrected chi connectivity index (χ0v) is 12.9. The Balaban J connectivity index is 2.31. The van der Waals surface area contributed by atoms with Crippen LogP contribution in [0.3, 0.4) is 0 Å². The van der Waals surface area contributed by atoms with Crippen LogP contribution in [0.2, 0.25) is 0 Å². The summed E-state index contributed by atoms with van der Waals surface area (Å²) in [6, 6.07) is 8.77. The van der Waals surface area contributed by atoms with Gasteiger partial charge in [-0.3, -0.25) is 0 Å². The molecule has 3 rings (SSSR count). The van der Waals surface area contributed by atoms with Crippen molar-refractivity contribution in [3.05, 3.63) is 51.4 Å². The first-order valence-electron chi connectivity index (χ1n) is 6.08. The molecule has 0 radical (unpaired) electrons. The van der Waals surface area contributed by atoms with Gasteiger partial charge in [0.15, 0.2) is 11.5 Å². The maximum atomic E-state index is 11.4. The van der Waals surface area contributed by atoms with Crippen LogP contribution in [0.25, 0.3) is 16.7 Å². The quantitative estimate of drug-likeness (QED) is 0.665.